The molecule has 0 saturated carbocycles. The number of anilines is 1. The molecular weight excluding hydrogens is 418 g/mol. The van der Waals surface area contributed by atoms with Crippen molar-refractivity contribution < 1.29 is 9.90 Å². The van der Waals surface area contributed by atoms with Crippen molar-refractivity contribution in [2.45, 2.75) is 13.0 Å². The number of aliphatic hydroxyl groups is 1. The van der Waals surface area contributed by atoms with Crippen molar-refractivity contribution in [3.63, 3.8) is 0 Å². The summed E-state index contributed by atoms with van der Waals surface area (Å²) in [6, 6.07) is 18.5. The number of hydrogen-bond acceptors (Lipinski definition) is 5. The lowest BCUT2D eigenvalue weighted by atomic mass is 10.1. The smallest absolute Gasteiger partial charge is 0.230 e. The van der Waals surface area contributed by atoms with Gasteiger partial charge in [-0.25, -0.2) is 9.97 Å². The van der Waals surface area contributed by atoms with E-state index in [-0.39, 0.29) is 18.9 Å². The van der Waals surface area contributed by atoms with Gasteiger partial charge in [-0.2, -0.15) is 0 Å². The number of halogens is 1. The summed E-state index contributed by atoms with van der Waals surface area (Å²) in [4.78, 5) is 22.8. The van der Waals surface area contributed by atoms with E-state index in [2.05, 4.69) is 10.3 Å². The number of amides is 1. The largest absolute Gasteiger partial charge is 0.392 e. The van der Waals surface area contributed by atoms with Crippen molar-refractivity contribution in [1.82, 2.24) is 9.97 Å². The van der Waals surface area contributed by atoms with Gasteiger partial charge in [-0.1, -0.05) is 54.1 Å². The molecule has 0 aliphatic heterocycles. The summed E-state index contributed by atoms with van der Waals surface area (Å²) in [7, 11) is 0. The van der Waals surface area contributed by atoms with Crippen molar-refractivity contribution in [2.24, 2.45) is 0 Å². The first kappa shape index (κ1) is 20.2. The number of carbonyl (C=O) groups is 1. The van der Waals surface area contributed by atoms with E-state index < -0.39 is 0 Å². The Bertz CT molecular complexity index is 1140. The van der Waals surface area contributed by atoms with E-state index >= 15 is 0 Å². The second kappa shape index (κ2) is 9.17. The maximum Gasteiger partial charge on any atom is 0.230 e. The zero-order valence-electron chi connectivity index (χ0n) is 15.9. The van der Waals surface area contributed by atoms with Gasteiger partial charge in [0.05, 0.1) is 29.8 Å². The molecular formula is C23H18ClN3O2S. The van der Waals surface area contributed by atoms with E-state index in [1.165, 1.54) is 11.3 Å². The molecule has 2 aromatic heterocycles. The summed E-state index contributed by atoms with van der Waals surface area (Å²) in [5, 5.41) is 14.7. The Labute approximate surface area is 183 Å². The van der Waals surface area contributed by atoms with Crippen LogP contribution >= 0.6 is 22.9 Å². The highest BCUT2D eigenvalue weighted by Gasteiger charge is 2.15. The minimum Gasteiger partial charge on any atom is -0.392 e. The monoisotopic (exact) mass is 435 g/mol. The minimum atomic E-state index is -0.176. The van der Waals surface area contributed by atoms with Crippen molar-refractivity contribution in [1.29, 1.82) is 0 Å². The number of carbonyl (C=O) groups excluding carboxylic acids is 1. The molecule has 7 heteroatoms. The molecule has 0 fully saturated rings. The number of aliphatic hydroxyl groups excluding tert-OH is 1. The lowest BCUT2D eigenvalue weighted by Crippen LogP contribution is -2.16. The number of rotatable bonds is 6. The molecule has 0 spiro atoms. The van der Waals surface area contributed by atoms with E-state index in [0.29, 0.717) is 22.2 Å². The van der Waals surface area contributed by atoms with Crippen LogP contribution in [0.1, 0.15) is 11.1 Å². The lowest BCUT2D eigenvalue weighted by Gasteiger charge is -2.11. The van der Waals surface area contributed by atoms with Crippen molar-refractivity contribution in [3.05, 3.63) is 88.4 Å². The van der Waals surface area contributed by atoms with Gasteiger partial charge >= 0.3 is 0 Å². The fourth-order valence-corrected chi connectivity index (χ4v) is 3.79. The number of nitrogens with zero attached hydrogens (tertiary/aromatic N) is 2. The zero-order valence-corrected chi connectivity index (χ0v) is 17.5. The summed E-state index contributed by atoms with van der Waals surface area (Å²) < 4.78 is 0. The van der Waals surface area contributed by atoms with Crippen molar-refractivity contribution in [3.8, 4) is 21.8 Å². The molecule has 2 N–H and O–H groups in total. The second-order valence-corrected chi connectivity index (χ2v) is 8.02. The average Bonchev–Trinajstić information content (AvgIpc) is 3.30. The number of benzene rings is 2. The van der Waals surface area contributed by atoms with Crippen LogP contribution in [0, 0.1) is 0 Å². The fraction of sp³-hybridized carbons (Fsp3) is 0.0870. The lowest BCUT2D eigenvalue weighted by molar-refractivity contribution is -0.115. The maximum absolute atomic E-state index is 12.6. The van der Waals surface area contributed by atoms with Crippen LogP contribution in [-0.4, -0.2) is 21.0 Å². The fourth-order valence-electron chi connectivity index (χ4n) is 2.95. The van der Waals surface area contributed by atoms with Gasteiger partial charge in [0.15, 0.2) is 5.82 Å². The van der Waals surface area contributed by atoms with E-state index in [1.54, 1.807) is 18.3 Å². The van der Waals surface area contributed by atoms with Gasteiger partial charge in [0, 0.05) is 10.6 Å². The highest BCUT2D eigenvalue weighted by atomic mass is 35.5. The summed E-state index contributed by atoms with van der Waals surface area (Å²) in [5.74, 6) is 0.247. The Morgan fingerprint density at radius 3 is 2.43 bits per heavy atom. The highest BCUT2D eigenvalue weighted by molar-refractivity contribution is 7.13. The van der Waals surface area contributed by atoms with Gasteiger partial charge in [-0.05, 0) is 34.7 Å². The SMILES string of the molecule is O=C(Cc1ccc(Cl)cc1)Nc1ncc(-c2ccc(CO)cc2)nc1-c1cccs1. The normalized spacial score (nSPS) is 10.7. The van der Waals surface area contributed by atoms with Crippen LogP contribution in [-0.2, 0) is 17.8 Å². The van der Waals surface area contributed by atoms with Crippen LogP contribution < -0.4 is 5.32 Å². The molecule has 0 aliphatic rings. The van der Waals surface area contributed by atoms with Crippen molar-refractivity contribution in [2.75, 3.05) is 5.32 Å². The molecule has 2 heterocycles. The molecule has 1 amide bonds. The molecule has 4 rings (SSSR count). The van der Waals surface area contributed by atoms with Crippen LogP contribution in [0.2, 0.25) is 5.02 Å². The van der Waals surface area contributed by atoms with Gasteiger partial charge in [0.2, 0.25) is 5.91 Å². The van der Waals surface area contributed by atoms with Gasteiger partial charge in [-0.15, -0.1) is 11.3 Å². The molecule has 150 valence electrons. The van der Waals surface area contributed by atoms with Gasteiger partial charge in [0.1, 0.15) is 5.69 Å². The van der Waals surface area contributed by atoms with Gasteiger partial charge in [-0.3, -0.25) is 4.79 Å². The Hall–Kier alpha value is -3.06. The molecule has 30 heavy (non-hydrogen) atoms. The first-order chi connectivity index (χ1) is 14.6. The van der Waals surface area contributed by atoms with Crippen LogP contribution in [0.15, 0.2) is 72.2 Å². The third-order valence-corrected chi connectivity index (χ3v) is 5.62. The van der Waals surface area contributed by atoms with E-state index in [0.717, 1.165) is 21.6 Å². The van der Waals surface area contributed by atoms with E-state index in [4.69, 9.17) is 16.6 Å². The van der Waals surface area contributed by atoms with Crippen LogP contribution in [0.3, 0.4) is 0 Å². The third kappa shape index (κ3) is 4.74. The Kier molecular flexibility index (Phi) is 6.18. The Morgan fingerprint density at radius 2 is 1.77 bits per heavy atom. The van der Waals surface area contributed by atoms with Crippen LogP contribution in [0.25, 0.3) is 21.8 Å². The maximum atomic E-state index is 12.6. The predicted molar refractivity (Wildman–Crippen MR) is 120 cm³/mol. The summed E-state index contributed by atoms with van der Waals surface area (Å²) in [6.45, 7) is -0.00894. The first-order valence-corrected chi connectivity index (χ1v) is 10.5. The molecule has 0 aliphatic carbocycles. The third-order valence-electron chi connectivity index (χ3n) is 4.50. The Morgan fingerprint density at radius 1 is 1.03 bits per heavy atom. The summed E-state index contributed by atoms with van der Waals surface area (Å²) in [5.41, 5.74) is 3.90. The minimum absolute atomic E-state index is 0.00894. The molecule has 0 unspecified atom stereocenters. The molecule has 4 aromatic rings. The number of nitrogens with one attached hydrogen (secondary N) is 1. The molecule has 0 atom stereocenters. The molecule has 2 aromatic carbocycles. The van der Waals surface area contributed by atoms with E-state index in [1.807, 2.05) is 53.9 Å². The summed E-state index contributed by atoms with van der Waals surface area (Å²) >= 11 is 7.44. The van der Waals surface area contributed by atoms with Gasteiger partial charge < -0.3 is 10.4 Å². The van der Waals surface area contributed by atoms with Gasteiger partial charge in [0.25, 0.3) is 0 Å². The first-order valence-electron chi connectivity index (χ1n) is 9.28. The molecule has 5 nitrogen and oxygen atoms in total. The summed E-state index contributed by atoms with van der Waals surface area (Å²) in [6.07, 6.45) is 1.86. The highest BCUT2D eigenvalue weighted by Crippen LogP contribution is 2.31. The molecule has 0 saturated heterocycles. The topological polar surface area (TPSA) is 75.1 Å². The van der Waals surface area contributed by atoms with Crippen LogP contribution in [0.4, 0.5) is 5.82 Å². The zero-order chi connectivity index (χ0) is 20.9. The quantitative estimate of drug-likeness (QED) is 0.436. The Balaban J connectivity index is 1.62. The molecule has 0 bridgehead atoms. The standard InChI is InChI=1S/C23H18ClN3O2S/c24-18-9-5-15(6-10-18)12-21(29)27-23-22(20-2-1-11-30-20)26-19(13-25-23)17-7-3-16(14-28)4-8-17/h1-11,13,28H,12,14H2,(H,25,27,29). The predicted octanol–water partition coefficient (Wildman–Crippen LogP) is 5.20. The number of thiophene rings is 1. The molecule has 0 radical (unpaired) electrons. The number of hydrogen-bond donors (Lipinski definition) is 2. The second-order valence-electron chi connectivity index (χ2n) is 6.64. The van der Waals surface area contributed by atoms with Crippen molar-refractivity contribution >= 4 is 34.7 Å². The van der Waals surface area contributed by atoms with Crippen LogP contribution in [0.5, 0.6) is 0 Å². The number of aromatic nitrogens is 2. The van der Waals surface area contributed by atoms with E-state index in [9.17, 15) is 9.90 Å². The average molecular weight is 436 g/mol.